The van der Waals surface area contributed by atoms with Crippen LogP contribution in [0.4, 0.5) is 13.2 Å². The van der Waals surface area contributed by atoms with E-state index in [-0.39, 0.29) is 5.75 Å². The average Bonchev–Trinajstić information content (AvgIpc) is 2.15. The van der Waals surface area contributed by atoms with Crippen LogP contribution in [0.1, 0.15) is 5.69 Å². The maximum atomic E-state index is 11.9. The molecular weight excluding hydrogens is 213 g/mol. The molecule has 15 heavy (non-hydrogen) atoms. The van der Waals surface area contributed by atoms with Crippen LogP contribution in [0.15, 0.2) is 12.3 Å². The molecule has 0 bridgehead atoms. The normalized spacial score (nSPS) is 10.6. The number of hydrogen-bond acceptors (Lipinski definition) is 4. The van der Waals surface area contributed by atoms with Gasteiger partial charge in [-0.15, -0.1) is 13.2 Å². The molecule has 0 aliphatic carbocycles. The Morgan fingerprint density at radius 1 is 1.47 bits per heavy atom. The molecule has 1 aromatic rings. The lowest BCUT2D eigenvalue weighted by atomic mass is 10.3. The van der Waals surface area contributed by atoms with E-state index in [9.17, 15) is 13.2 Å². The number of methoxy groups -OCH3 is 1. The van der Waals surface area contributed by atoms with Crippen molar-refractivity contribution in [2.75, 3.05) is 7.11 Å². The molecule has 0 fully saturated rings. The van der Waals surface area contributed by atoms with Crippen LogP contribution in [-0.4, -0.2) is 18.5 Å². The summed E-state index contributed by atoms with van der Waals surface area (Å²) in [5, 5.41) is 8.48. The minimum Gasteiger partial charge on any atom is -0.495 e. The van der Waals surface area contributed by atoms with Crippen LogP contribution in [0.3, 0.4) is 0 Å². The number of ether oxygens (including phenoxy) is 2. The fourth-order valence-corrected chi connectivity index (χ4v) is 0.825. The summed E-state index contributed by atoms with van der Waals surface area (Å²) in [6.07, 6.45) is -3.73. The van der Waals surface area contributed by atoms with E-state index >= 15 is 0 Å². The largest absolute Gasteiger partial charge is 0.573 e. The van der Waals surface area contributed by atoms with Crippen molar-refractivity contribution >= 4 is 0 Å². The molecule has 0 atom stereocenters. The minimum absolute atomic E-state index is 0.0771. The highest BCUT2D eigenvalue weighted by Crippen LogP contribution is 2.27. The third-order valence-electron chi connectivity index (χ3n) is 1.39. The van der Waals surface area contributed by atoms with Crippen molar-refractivity contribution in [1.29, 1.82) is 5.26 Å². The van der Waals surface area contributed by atoms with Crippen molar-refractivity contribution in [1.82, 2.24) is 4.98 Å². The molecule has 0 radical (unpaired) electrons. The number of nitriles is 1. The van der Waals surface area contributed by atoms with Gasteiger partial charge in [0.2, 0.25) is 0 Å². The monoisotopic (exact) mass is 218 g/mol. The summed E-state index contributed by atoms with van der Waals surface area (Å²) >= 11 is 0. The Bertz CT molecular complexity index is 398. The van der Waals surface area contributed by atoms with Crippen molar-refractivity contribution in [3.05, 3.63) is 18.0 Å². The topological polar surface area (TPSA) is 55.1 Å². The van der Waals surface area contributed by atoms with Crippen LogP contribution in [0.2, 0.25) is 0 Å². The molecule has 1 heterocycles. The summed E-state index contributed by atoms with van der Waals surface area (Å²) in [5.74, 6) is -0.599. The predicted molar refractivity (Wildman–Crippen MR) is 42.2 cm³/mol. The quantitative estimate of drug-likeness (QED) is 0.760. The molecule has 0 spiro atoms. The van der Waals surface area contributed by atoms with Crippen molar-refractivity contribution in [3.63, 3.8) is 0 Å². The van der Waals surface area contributed by atoms with Gasteiger partial charge in [0.15, 0.2) is 11.4 Å². The minimum atomic E-state index is -4.86. The second kappa shape index (κ2) is 4.04. The van der Waals surface area contributed by atoms with E-state index < -0.39 is 17.8 Å². The van der Waals surface area contributed by atoms with Gasteiger partial charge in [0.25, 0.3) is 0 Å². The zero-order valence-electron chi connectivity index (χ0n) is 7.50. The summed E-state index contributed by atoms with van der Waals surface area (Å²) in [4.78, 5) is 3.44. The number of alkyl halides is 3. The first-order chi connectivity index (χ1) is 6.96. The smallest absolute Gasteiger partial charge is 0.495 e. The van der Waals surface area contributed by atoms with E-state index in [2.05, 4.69) is 14.5 Å². The molecule has 0 saturated heterocycles. The number of nitrogens with zero attached hydrogens (tertiary/aromatic N) is 2. The summed E-state index contributed by atoms with van der Waals surface area (Å²) in [7, 11) is 1.26. The van der Waals surface area contributed by atoms with E-state index in [1.165, 1.54) is 13.2 Å². The molecule has 4 nitrogen and oxygen atoms in total. The Labute approximate surface area is 82.9 Å². The molecule has 1 aromatic heterocycles. The van der Waals surface area contributed by atoms with Gasteiger partial charge in [0.1, 0.15) is 11.8 Å². The van der Waals surface area contributed by atoms with Gasteiger partial charge in [-0.2, -0.15) is 5.26 Å². The molecule has 0 amide bonds. The molecule has 0 aromatic carbocycles. The van der Waals surface area contributed by atoms with Crippen molar-refractivity contribution in [3.8, 4) is 17.6 Å². The van der Waals surface area contributed by atoms with E-state index in [4.69, 9.17) is 5.26 Å². The van der Waals surface area contributed by atoms with Gasteiger partial charge in [-0.1, -0.05) is 0 Å². The second-order valence-electron chi connectivity index (χ2n) is 2.38. The van der Waals surface area contributed by atoms with Crippen molar-refractivity contribution < 1.29 is 22.6 Å². The van der Waals surface area contributed by atoms with E-state index in [0.29, 0.717) is 0 Å². The Kier molecular flexibility index (Phi) is 2.99. The molecule has 1 rings (SSSR count). The number of rotatable bonds is 2. The summed E-state index contributed by atoms with van der Waals surface area (Å²) < 4.78 is 43.9. The van der Waals surface area contributed by atoms with Gasteiger partial charge in [0, 0.05) is 6.07 Å². The summed E-state index contributed by atoms with van der Waals surface area (Å²) in [6, 6.07) is 2.42. The lowest BCUT2D eigenvalue weighted by Crippen LogP contribution is -2.18. The summed E-state index contributed by atoms with van der Waals surface area (Å²) in [6.45, 7) is 0. The van der Waals surface area contributed by atoms with Gasteiger partial charge in [-0.05, 0) is 0 Å². The molecular formula is C8H5F3N2O2. The maximum absolute atomic E-state index is 11.9. The van der Waals surface area contributed by atoms with Gasteiger partial charge in [-0.25, -0.2) is 4.98 Å². The first-order valence-electron chi connectivity index (χ1n) is 3.66. The Hall–Kier alpha value is -1.97. The third kappa shape index (κ3) is 3.02. The summed E-state index contributed by atoms with van der Waals surface area (Å²) in [5.41, 5.74) is -0.451. The van der Waals surface area contributed by atoms with Gasteiger partial charge in [-0.3, -0.25) is 0 Å². The molecule has 80 valence electrons. The zero-order chi connectivity index (χ0) is 11.5. The van der Waals surface area contributed by atoms with Gasteiger partial charge in [0.05, 0.1) is 13.3 Å². The Morgan fingerprint density at radius 2 is 2.13 bits per heavy atom. The predicted octanol–water partition coefficient (Wildman–Crippen LogP) is 1.86. The first kappa shape index (κ1) is 11.1. The van der Waals surface area contributed by atoms with Crippen molar-refractivity contribution in [2.24, 2.45) is 0 Å². The molecule has 0 aliphatic rings. The number of halogens is 3. The first-order valence-corrected chi connectivity index (χ1v) is 3.66. The molecule has 7 heteroatoms. The second-order valence-corrected chi connectivity index (χ2v) is 2.38. The highest BCUT2D eigenvalue weighted by Gasteiger charge is 2.32. The van der Waals surface area contributed by atoms with Crippen LogP contribution in [0, 0.1) is 11.3 Å². The van der Waals surface area contributed by atoms with Crippen LogP contribution < -0.4 is 9.47 Å². The number of aromatic nitrogens is 1. The fourth-order valence-electron chi connectivity index (χ4n) is 0.825. The standard InChI is InChI=1S/C8H5F3N2O2/c1-14-5-2-7(15-8(9,10)11)6(3-12)13-4-5/h2,4H,1H3. The van der Waals surface area contributed by atoms with Crippen LogP contribution in [-0.2, 0) is 0 Å². The number of hydrogen-bond donors (Lipinski definition) is 0. The molecule has 0 unspecified atom stereocenters. The third-order valence-corrected chi connectivity index (χ3v) is 1.39. The van der Waals surface area contributed by atoms with Gasteiger partial charge >= 0.3 is 6.36 Å². The number of pyridine rings is 1. The SMILES string of the molecule is COc1cnc(C#N)c(OC(F)(F)F)c1. The van der Waals surface area contributed by atoms with Crippen molar-refractivity contribution in [2.45, 2.75) is 6.36 Å². The maximum Gasteiger partial charge on any atom is 0.573 e. The van der Waals surface area contributed by atoms with Crippen LogP contribution in [0.25, 0.3) is 0 Å². The van der Waals surface area contributed by atoms with Crippen LogP contribution >= 0.6 is 0 Å². The van der Waals surface area contributed by atoms with Crippen LogP contribution in [0.5, 0.6) is 11.5 Å². The van der Waals surface area contributed by atoms with E-state index in [1.54, 1.807) is 0 Å². The zero-order valence-corrected chi connectivity index (χ0v) is 7.50. The lowest BCUT2D eigenvalue weighted by molar-refractivity contribution is -0.274. The Morgan fingerprint density at radius 3 is 2.60 bits per heavy atom. The molecule has 0 aliphatic heterocycles. The highest BCUT2D eigenvalue weighted by atomic mass is 19.4. The molecule has 0 saturated carbocycles. The fraction of sp³-hybridized carbons (Fsp3) is 0.250. The highest BCUT2D eigenvalue weighted by molar-refractivity contribution is 5.41. The van der Waals surface area contributed by atoms with E-state index in [0.717, 1.165) is 12.3 Å². The van der Waals surface area contributed by atoms with E-state index in [1.807, 2.05) is 0 Å². The lowest BCUT2D eigenvalue weighted by Gasteiger charge is -2.10. The van der Waals surface area contributed by atoms with Gasteiger partial charge < -0.3 is 9.47 Å². The Balaban J connectivity index is 3.08. The molecule has 0 N–H and O–H groups in total. The average molecular weight is 218 g/mol.